The molecule has 1 saturated heterocycles. The van der Waals surface area contributed by atoms with Gasteiger partial charge in [-0.3, -0.25) is 0 Å². The molecule has 0 spiro atoms. The number of fused-ring (bicyclic) bond motifs is 2. The van der Waals surface area contributed by atoms with Gasteiger partial charge >= 0.3 is 0 Å². The quantitative estimate of drug-likeness (QED) is 0.504. The number of nitrogens with zero attached hydrogens (tertiary/aromatic N) is 5. The molecule has 2 aromatic heterocycles. The third-order valence-corrected chi connectivity index (χ3v) is 8.36. The van der Waals surface area contributed by atoms with Crippen LogP contribution in [0.15, 0.2) is 54.9 Å². The van der Waals surface area contributed by atoms with E-state index in [9.17, 15) is 0 Å². The number of nitrogens with one attached hydrogen (secondary N) is 1. The SMILES string of the molecule is CN1CCN(c2cc(CCCNc3cc4cc(C5=CC6CC6(C)N5C)ccc4cn3)ccn2)CC1.[HH]. The van der Waals surface area contributed by atoms with Crippen molar-refractivity contribution in [3.8, 4) is 0 Å². The van der Waals surface area contributed by atoms with Crippen LogP contribution in [0.4, 0.5) is 11.6 Å². The Balaban J connectivity index is 0.00000267. The summed E-state index contributed by atoms with van der Waals surface area (Å²) in [5, 5.41) is 5.97. The summed E-state index contributed by atoms with van der Waals surface area (Å²) in [6.45, 7) is 7.58. The summed E-state index contributed by atoms with van der Waals surface area (Å²) < 4.78 is 0. The largest absolute Gasteiger partial charge is 0.370 e. The van der Waals surface area contributed by atoms with Crippen molar-refractivity contribution in [2.24, 2.45) is 5.92 Å². The van der Waals surface area contributed by atoms with Gasteiger partial charge in [-0.2, -0.15) is 0 Å². The maximum atomic E-state index is 4.65. The second-order valence-corrected chi connectivity index (χ2v) is 10.8. The zero-order valence-corrected chi connectivity index (χ0v) is 21.2. The smallest absolute Gasteiger partial charge is 0.128 e. The van der Waals surface area contributed by atoms with Crippen LogP contribution in [0.5, 0.6) is 0 Å². The molecule has 3 aliphatic rings. The minimum Gasteiger partial charge on any atom is -0.370 e. The fourth-order valence-electron chi connectivity index (χ4n) is 5.61. The molecule has 4 heterocycles. The van der Waals surface area contributed by atoms with E-state index in [4.69, 9.17) is 0 Å². The van der Waals surface area contributed by atoms with Crippen LogP contribution in [-0.4, -0.2) is 72.1 Å². The minimum atomic E-state index is 0. The van der Waals surface area contributed by atoms with Crippen LogP contribution in [0.3, 0.4) is 0 Å². The average Bonchev–Trinajstić information content (AvgIpc) is 3.48. The van der Waals surface area contributed by atoms with Crippen molar-refractivity contribution in [2.45, 2.75) is 31.7 Å². The van der Waals surface area contributed by atoms with E-state index in [1.807, 2.05) is 12.4 Å². The number of benzene rings is 1. The topological polar surface area (TPSA) is 47.5 Å². The Kier molecular flexibility index (Phi) is 5.64. The summed E-state index contributed by atoms with van der Waals surface area (Å²) in [6, 6.07) is 13.3. The molecule has 6 heteroatoms. The number of hydrogen-bond donors (Lipinski definition) is 1. The van der Waals surface area contributed by atoms with Crippen molar-refractivity contribution in [3.63, 3.8) is 0 Å². The van der Waals surface area contributed by atoms with Crippen molar-refractivity contribution in [3.05, 3.63) is 66.0 Å². The van der Waals surface area contributed by atoms with Crippen LogP contribution in [0.2, 0.25) is 0 Å². The number of anilines is 2. The van der Waals surface area contributed by atoms with Crippen molar-refractivity contribution in [1.82, 2.24) is 19.8 Å². The second-order valence-electron chi connectivity index (χ2n) is 10.8. The molecule has 0 bridgehead atoms. The van der Waals surface area contributed by atoms with Gasteiger partial charge in [-0.05, 0) is 74.0 Å². The van der Waals surface area contributed by atoms with E-state index in [-0.39, 0.29) is 1.43 Å². The molecule has 1 aromatic carbocycles. The summed E-state index contributed by atoms with van der Waals surface area (Å²) in [5.41, 5.74) is 4.37. The zero-order valence-electron chi connectivity index (χ0n) is 21.2. The number of hydrogen-bond acceptors (Lipinski definition) is 6. The van der Waals surface area contributed by atoms with Crippen LogP contribution >= 0.6 is 0 Å². The highest BCUT2D eigenvalue weighted by Crippen LogP contribution is 2.57. The molecule has 35 heavy (non-hydrogen) atoms. The Bertz CT molecular complexity index is 1270. The van der Waals surface area contributed by atoms with E-state index in [1.165, 1.54) is 34.0 Å². The van der Waals surface area contributed by atoms with Crippen LogP contribution < -0.4 is 10.2 Å². The fraction of sp³-hybridized carbons (Fsp3) is 0.448. The highest BCUT2D eigenvalue weighted by Gasteiger charge is 2.56. The maximum absolute atomic E-state index is 4.65. The predicted molar refractivity (Wildman–Crippen MR) is 147 cm³/mol. The van der Waals surface area contributed by atoms with Gasteiger partial charge in [0, 0.05) is 76.1 Å². The second kappa shape index (κ2) is 8.83. The van der Waals surface area contributed by atoms with Crippen molar-refractivity contribution >= 4 is 28.1 Å². The number of aryl methyl sites for hydroxylation is 1. The fourth-order valence-corrected chi connectivity index (χ4v) is 5.61. The third kappa shape index (κ3) is 4.36. The zero-order chi connectivity index (χ0) is 24.0. The molecule has 2 fully saturated rings. The molecule has 184 valence electrons. The lowest BCUT2D eigenvalue weighted by atomic mass is 10.1. The van der Waals surface area contributed by atoms with E-state index < -0.39 is 0 Å². The van der Waals surface area contributed by atoms with Gasteiger partial charge in [-0.15, -0.1) is 0 Å². The number of pyridine rings is 2. The van der Waals surface area contributed by atoms with E-state index in [2.05, 4.69) is 93.5 Å². The van der Waals surface area contributed by atoms with Gasteiger partial charge in [0.2, 0.25) is 0 Å². The number of piperazine rings is 1. The van der Waals surface area contributed by atoms with Crippen LogP contribution in [0.1, 0.15) is 32.3 Å². The first-order chi connectivity index (χ1) is 17.0. The normalized spacial score (nSPS) is 24.0. The predicted octanol–water partition coefficient (Wildman–Crippen LogP) is 4.74. The first kappa shape index (κ1) is 22.4. The molecular weight excluding hydrogens is 432 g/mol. The summed E-state index contributed by atoms with van der Waals surface area (Å²) in [7, 11) is 4.42. The summed E-state index contributed by atoms with van der Waals surface area (Å²) in [4.78, 5) is 16.5. The van der Waals surface area contributed by atoms with Crippen LogP contribution in [-0.2, 0) is 6.42 Å². The van der Waals surface area contributed by atoms with Gasteiger partial charge in [-0.25, -0.2) is 9.97 Å². The van der Waals surface area contributed by atoms with Gasteiger partial charge in [0.25, 0.3) is 0 Å². The number of rotatable bonds is 7. The monoisotopic (exact) mass is 470 g/mol. The molecule has 6 rings (SSSR count). The van der Waals surface area contributed by atoms with Crippen molar-refractivity contribution in [1.29, 1.82) is 0 Å². The Morgan fingerprint density at radius 2 is 1.89 bits per heavy atom. The maximum Gasteiger partial charge on any atom is 0.128 e. The van der Waals surface area contributed by atoms with Crippen molar-refractivity contribution in [2.75, 3.05) is 57.0 Å². The van der Waals surface area contributed by atoms with Gasteiger partial charge in [0.15, 0.2) is 0 Å². The van der Waals surface area contributed by atoms with Crippen LogP contribution in [0.25, 0.3) is 16.5 Å². The van der Waals surface area contributed by atoms with E-state index in [0.717, 1.165) is 57.2 Å². The lowest BCUT2D eigenvalue weighted by Gasteiger charge is -2.33. The molecule has 2 unspecified atom stereocenters. The van der Waals surface area contributed by atoms with Gasteiger partial charge in [0.1, 0.15) is 11.6 Å². The molecule has 0 radical (unpaired) electrons. The Morgan fingerprint density at radius 1 is 1.03 bits per heavy atom. The first-order valence-corrected chi connectivity index (χ1v) is 13.0. The van der Waals surface area contributed by atoms with Gasteiger partial charge in [0.05, 0.1) is 0 Å². The molecule has 1 saturated carbocycles. The van der Waals surface area contributed by atoms with Gasteiger partial charge in [-0.1, -0.05) is 18.2 Å². The summed E-state index contributed by atoms with van der Waals surface area (Å²) in [6.07, 6.45) is 9.78. The molecule has 1 N–H and O–H groups in total. The number of aromatic nitrogens is 2. The lowest BCUT2D eigenvalue weighted by Crippen LogP contribution is -2.44. The Morgan fingerprint density at radius 3 is 2.69 bits per heavy atom. The molecule has 3 aromatic rings. The Hall–Kier alpha value is -3.12. The Labute approximate surface area is 210 Å². The molecular formula is C29H38N6. The summed E-state index contributed by atoms with van der Waals surface area (Å²) in [5.74, 6) is 2.78. The highest BCUT2D eigenvalue weighted by atomic mass is 15.3. The lowest BCUT2D eigenvalue weighted by molar-refractivity contribution is 0.312. The van der Waals surface area contributed by atoms with Gasteiger partial charge < -0.3 is 20.0 Å². The molecule has 0 amide bonds. The first-order valence-electron chi connectivity index (χ1n) is 13.0. The molecule has 1 aliphatic carbocycles. The van der Waals surface area contributed by atoms with E-state index in [1.54, 1.807) is 0 Å². The van der Waals surface area contributed by atoms with Crippen molar-refractivity contribution < 1.29 is 1.43 Å². The van der Waals surface area contributed by atoms with Crippen LogP contribution in [0, 0.1) is 5.92 Å². The average molecular weight is 471 g/mol. The molecule has 6 nitrogen and oxygen atoms in total. The third-order valence-electron chi connectivity index (χ3n) is 8.36. The molecule has 2 atom stereocenters. The number of likely N-dealkylation sites (N-methyl/N-ethyl adjacent to an activating group) is 1. The van der Waals surface area contributed by atoms with E-state index in [0.29, 0.717) is 11.5 Å². The minimum absolute atomic E-state index is 0. The standard InChI is InChI=1S/C29H36N6.H2/c1-29-19-25(29)18-26(34(29)3)22-6-7-23-20-32-27(17-24(23)16-22)30-9-4-5-21-8-10-31-28(15-21)35-13-11-33(2)12-14-35;/h6-8,10,15-18,20,25H,4-5,9,11-14,19H2,1-3H3,(H,30,32);1H. The highest BCUT2D eigenvalue weighted by molar-refractivity contribution is 5.88. The summed E-state index contributed by atoms with van der Waals surface area (Å²) >= 11 is 0. The van der Waals surface area contributed by atoms with E-state index >= 15 is 0 Å². The molecule has 2 aliphatic heterocycles.